The van der Waals surface area contributed by atoms with Crippen molar-refractivity contribution in [3.8, 4) is 0 Å². The third kappa shape index (κ3) is 3.96. The predicted molar refractivity (Wildman–Crippen MR) is 107 cm³/mol. The lowest BCUT2D eigenvalue weighted by Gasteiger charge is -2.29. The lowest BCUT2D eigenvalue weighted by Crippen LogP contribution is -2.31. The molecule has 0 saturated heterocycles. The lowest BCUT2D eigenvalue weighted by atomic mass is 9.82. The summed E-state index contributed by atoms with van der Waals surface area (Å²) < 4.78 is 18.9. The molecular weight excluding hydrogens is 381 g/mol. The second-order valence-electron chi connectivity index (χ2n) is 6.67. The van der Waals surface area contributed by atoms with Gasteiger partial charge < -0.3 is 15.0 Å². The van der Waals surface area contributed by atoms with E-state index in [1.54, 1.807) is 32.9 Å². The summed E-state index contributed by atoms with van der Waals surface area (Å²) in [5, 5.41) is 3.57. The number of aromatic amines is 1. The van der Waals surface area contributed by atoms with Gasteiger partial charge in [0.1, 0.15) is 11.6 Å². The SMILES string of the molecule is CCSc1nc2c(c(=O)[nH]1)C(c1ccc(F)cc1)C(C(=O)OC(C)C)=C(C)N2. The summed E-state index contributed by atoms with van der Waals surface area (Å²) in [7, 11) is 0. The quantitative estimate of drug-likeness (QED) is 0.449. The van der Waals surface area contributed by atoms with Gasteiger partial charge in [-0.3, -0.25) is 4.79 Å². The van der Waals surface area contributed by atoms with Crippen LogP contribution in [0, 0.1) is 5.82 Å². The topological polar surface area (TPSA) is 84.1 Å². The van der Waals surface area contributed by atoms with Gasteiger partial charge in [0.15, 0.2) is 5.16 Å². The molecule has 1 aliphatic rings. The van der Waals surface area contributed by atoms with Gasteiger partial charge in [0.2, 0.25) is 0 Å². The van der Waals surface area contributed by atoms with Crippen LogP contribution in [-0.4, -0.2) is 27.8 Å². The predicted octanol–water partition coefficient (Wildman–Crippen LogP) is 3.80. The van der Waals surface area contributed by atoms with E-state index in [-0.39, 0.29) is 11.7 Å². The smallest absolute Gasteiger partial charge is 0.337 e. The van der Waals surface area contributed by atoms with Gasteiger partial charge in [-0.1, -0.05) is 30.8 Å². The van der Waals surface area contributed by atoms with E-state index in [1.807, 2.05) is 6.92 Å². The number of H-pyrrole nitrogens is 1. The van der Waals surface area contributed by atoms with Gasteiger partial charge in [-0.2, -0.15) is 0 Å². The molecule has 0 amide bonds. The van der Waals surface area contributed by atoms with Crippen molar-refractivity contribution in [1.29, 1.82) is 0 Å². The van der Waals surface area contributed by atoms with Crippen LogP contribution in [0.25, 0.3) is 0 Å². The van der Waals surface area contributed by atoms with E-state index in [0.717, 1.165) is 5.75 Å². The molecule has 0 aliphatic carbocycles. The Labute approximate surface area is 166 Å². The maximum absolute atomic E-state index is 13.5. The van der Waals surface area contributed by atoms with Crippen LogP contribution < -0.4 is 10.9 Å². The van der Waals surface area contributed by atoms with Crippen molar-refractivity contribution in [2.24, 2.45) is 0 Å². The van der Waals surface area contributed by atoms with Crippen LogP contribution >= 0.6 is 11.8 Å². The first-order valence-corrected chi connectivity index (χ1v) is 10.0. The van der Waals surface area contributed by atoms with Crippen LogP contribution in [0.5, 0.6) is 0 Å². The first kappa shape index (κ1) is 20.1. The van der Waals surface area contributed by atoms with Crippen molar-refractivity contribution in [3.05, 3.63) is 62.8 Å². The van der Waals surface area contributed by atoms with Gasteiger partial charge in [-0.25, -0.2) is 14.2 Å². The Morgan fingerprint density at radius 1 is 1.32 bits per heavy atom. The zero-order valence-corrected chi connectivity index (χ0v) is 16.9. The Morgan fingerprint density at radius 3 is 2.61 bits per heavy atom. The number of ether oxygens (including phenoxy) is 1. The Hall–Kier alpha value is -2.61. The lowest BCUT2D eigenvalue weighted by molar-refractivity contribution is -0.143. The molecule has 0 radical (unpaired) electrons. The molecule has 1 aromatic carbocycles. The van der Waals surface area contributed by atoms with E-state index < -0.39 is 17.7 Å². The summed E-state index contributed by atoms with van der Waals surface area (Å²) in [5.74, 6) is -0.477. The minimum atomic E-state index is -0.708. The number of fused-ring (bicyclic) bond motifs is 1. The molecule has 0 saturated carbocycles. The molecule has 28 heavy (non-hydrogen) atoms. The highest BCUT2D eigenvalue weighted by molar-refractivity contribution is 7.99. The Balaban J connectivity index is 2.21. The van der Waals surface area contributed by atoms with E-state index >= 15 is 0 Å². The monoisotopic (exact) mass is 403 g/mol. The van der Waals surface area contributed by atoms with Crippen molar-refractivity contribution in [1.82, 2.24) is 9.97 Å². The standard InChI is InChI=1S/C20H22FN3O3S/c1-5-28-20-23-17-16(18(25)24-20)15(12-6-8-13(21)9-7-12)14(11(4)22-17)19(26)27-10(2)3/h6-10,15H,5H2,1-4H3,(H2,22,23,24,25). The first-order chi connectivity index (χ1) is 13.3. The van der Waals surface area contributed by atoms with E-state index in [1.165, 1.54) is 23.9 Å². The van der Waals surface area contributed by atoms with E-state index in [2.05, 4.69) is 15.3 Å². The van der Waals surface area contributed by atoms with Crippen LogP contribution in [0.3, 0.4) is 0 Å². The largest absolute Gasteiger partial charge is 0.460 e. The molecule has 6 nitrogen and oxygen atoms in total. The highest BCUT2D eigenvalue weighted by atomic mass is 32.2. The summed E-state index contributed by atoms with van der Waals surface area (Å²) in [6, 6.07) is 5.75. The summed E-state index contributed by atoms with van der Waals surface area (Å²) in [6.45, 7) is 7.22. The molecule has 1 aliphatic heterocycles. The molecule has 0 spiro atoms. The molecule has 8 heteroatoms. The van der Waals surface area contributed by atoms with E-state index in [4.69, 9.17) is 4.74 Å². The van der Waals surface area contributed by atoms with Gasteiger partial charge in [0.25, 0.3) is 5.56 Å². The second-order valence-corrected chi connectivity index (χ2v) is 7.92. The average molecular weight is 403 g/mol. The third-order valence-corrected chi connectivity index (χ3v) is 5.02. The Kier molecular flexibility index (Phi) is 5.88. The van der Waals surface area contributed by atoms with Crippen molar-refractivity contribution >= 4 is 23.5 Å². The minimum absolute atomic E-state index is 0.313. The molecule has 0 fully saturated rings. The van der Waals surface area contributed by atoms with Gasteiger partial charge >= 0.3 is 5.97 Å². The number of nitrogens with zero attached hydrogens (tertiary/aromatic N) is 1. The molecule has 148 valence electrons. The van der Waals surface area contributed by atoms with Crippen molar-refractivity contribution in [2.45, 2.75) is 44.9 Å². The molecule has 1 atom stereocenters. The molecule has 1 unspecified atom stereocenters. The number of thioether (sulfide) groups is 1. The van der Waals surface area contributed by atoms with Gasteiger partial charge in [-0.05, 0) is 44.2 Å². The molecule has 2 heterocycles. The number of rotatable bonds is 5. The fraction of sp³-hybridized carbons (Fsp3) is 0.350. The number of carbonyl (C=O) groups is 1. The summed E-state index contributed by atoms with van der Waals surface area (Å²) in [4.78, 5) is 33.0. The normalized spacial score (nSPS) is 16.0. The van der Waals surface area contributed by atoms with Crippen molar-refractivity contribution in [3.63, 3.8) is 0 Å². The Morgan fingerprint density at radius 2 is 2.00 bits per heavy atom. The molecule has 2 aromatic rings. The number of halogens is 1. The van der Waals surface area contributed by atoms with Crippen molar-refractivity contribution in [2.75, 3.05) is 11.1 Å². The number of carbonyl (C=O) groups excluding carboxylic acids is 1. The minimum Gasteiger partial charge on any atom is -0.460 e. The van der Waals surface area contributed by atoms with E-state index in [9.17, 15) is 14.0 Å². The van der Waals surface area contributed by atoms with Crippen LogP contribution in [0.1, 0.15) is 44.7 Å². The fourth-order valence-corrected chi connectivity index (χ4v) is 3.77. The molecule has 1 aromatic heterocycles. The molecule has 0 bridgehead atoms. The van der Waals surface area contributed by atoms with Crippen molar-refractivity contribution < 1.29 is 13.9 Å². The highest BCUT2D eigenvalue weighted by Crippen LogP contribution is 2.40. The number of allylic oxidation sites excluding steroid dienone is 1. The zero-order valence-electron chi connectivity index (χ0n) is 16.1. The molecular formula is C20H22FN3O3S. The van der Waals surface area contributed by atoms with Gasteiger partial charge in [0, 0.05) is 5.70 Å². The maximum atomic E-state index is 13.5. The van der Waals surface area contributed by atoms with Gasteiger partial charge in [0.05, 0.1) is 23.2 Å². The number of hydrogen-bond donors (Lipinski definition) is 2. The Bertz CT molecular complexity index is 983. The third-order valence-electron chi connectivity index (χ3n) is 4.27. The number of benzene rings is 1. The fourth-order valence-electron chi connectivity index (χ4n) is 3.17. The number of anilines is 1. The van der Waals surface area contributed by atoms with Crippen LogP contribution in [0.4, 0.5) is 10.2 Å². The zero-order chi connectivity index (χ0) is 20.4. The van der Waals surface area contributed by atoms with Crippen LogP contribution in [0.15, 0.2) is 45.5 Å². The molecule has 2 N–H and O–H groups in total. The highest BCUT2D eigenvalue weighted by Gasteiger charge is 2.36. The second kappa shape index (κ2) is 8.18. The van der Waals surface area contributed by atoms with Crippen LogP contribution in [-0.2, 0) is 9.53 Å². The average Bonchev–Trinajstić information content (AvgIpc) is 2.60. The summed E-state index contributed by atoms with van der Waals surface area (Å²) in [6.07, 6.45) is -0.317. The maximum Gasteiger partial charge on any atom is 0.337 e. The number of hydrogen-bond acceptors (Lipinski definition) is 6. The van der Waals surface area contributed by atoms with E-state index in [0.29, 0.717) is 33.4 Å². The number of esters is 1. The van der Waals surface area contributed by atoms with Crippen LogP contribution in [0.2, 0.25) is 0 Å². The number of aromatic nitrogens is 2. The molecule has 3 rings (SSSR count). The summed E-state index contributed by atoms with van der Waals surface area (Å²) >= 11 is 1.41. The first-order valence-electron chi connectivity index (χ1n) is 9.03. The number of nitrogens with one attached hydrogen (secondary N) is 2. The summed E-state index contributed by atoms with van der Waals surface area (Å²) in [5.41, 5.74) is 1.45. The van der Waals surface area contributed by atoms with Gasteiger partial charge in [-0.15, -0.1) is 0 Å².